The van der Waals surface area contributed by atoms with Crippen molar-refractivity contribution < 1.29 is 19.5 Å². The minimum Gasteiger partial charge on any atom is -0.480 e. The highest BCUT2D eigenvalue weighted by molar-refractivity contribution is 6.02. The fourth-order valence-corrected chi connectivity index (χ4v) is 3.72. The van der Waals surface area contributed by atoms with E-state index in [1.807, 2.05) is 31.2 Å². The van der Waals surface area contributed by atoms with Crippen LogP contribution < -0.4 is 16.0 Å². The monoisotopic (exact) mass is 486 g/mol. The number of nitrogens with one attached hydrogen (secondary N) is 3. The number of urea groups is 1. The number of pyridine rings is 1. The molecule has 2 aromatic heterocycles. The Morgan fingerprint density at radius 3 is 2.31 bits per heavy atom. The molecule has 0 bridgehead atoms. The van der Waals surface area contributed by atoms with Crippen LogP contribution in [0.25, 0.3) is 17.0 Å². The molecule has 0 aliphatic rings. The number of hydrogen-bond acceptors (Lipinski definition) is 5. The highest BCUT2D eigenvalue weighted by Gasteiger charge is 2.25. The van der Waals surface area contributed by atoms with E-state index in [1.165, 1.54) is 0 Å². The molecule has 0 spiro atoms. The van der Waals surface area contributed by atoms with Crippen LogP contribution in [0.4, 0.5) is 16.2 Å². The quantitative estimate of drug-likeness (QED) is 0.309. The maximum atomic E-state index is 12.8. The van der Waals surface area contributed by atoms with Crippen molar-refractivity contribution in [2.45, 2.75) is 26.8 Å². The van der Waals surface area contributed by atoms with E-state index < -0.39 is 17.9 Å². The molecule has 0 saturated carbocycles. The Labute approximate surface area is 207 Å². The smallest absolute Gasteiger partial charge is 0.326 e. The highest BCUT2D eigenvalue weighted by atomic mass is 16.4. The molecule has 4 N–H and O–H groups in total. The van der Waals surface area contributed by atoms with Gasteiger partial charge in [0.2, 0.25) is 0 Å². The number of benzene rings is 2. The van der Waals surface area contributed by atoms with Gasteiger partial charge in [0, 0.05) is 23.1 Å². The molecule has 1 atom stereocenters. The van der Waals surface area contributed by atoms with Gasteiger partial charge in [0.1, 0.15) is 6.04 Å². The first kappa shape index (κ1) is 24.4. The topological polar surface area (TPSA) is 138 Å². The van der Waals surface area contributed by atoms with E-state index in [1.54, 1.807) is 60.8 Å². The van der Waals surface area contributed by atoms with Crippen molar-refractivity contribution in [2.75, 3.05) is 10.6 Å². The molecule has 4 rings (SSSR count). The molecule has 10 heteroatoms. The van der Waals surface area contributed by atoms with Crippen molar-refractivity contribution in [2.24, 2.45) is 5.92 Å². The molecule has 0 aliphatic heterocycles. The molecule has 10 nitrogen and oxygen atoms in total. The van der Waals surface area contributed by atoms with Crippen LogP contribution in [-0.2, 0) is 4.79 Å². The summed E-state index contributed by atoms with van der Waals surface area (Å²) in [5, 5.41) is 26.0. The third-order valence-corrected chi connectivity index (χ3v) is 5.69. The lowest BCUT2D eigenvalue weighted by Gasteiger charge is -2.17. The van der Waals surface area contributed by atoms with Gasteiger partial charge >= 0.3 is 12.0 Å². The summed E-state index contributed by atoms with van der Waals surface area (Å²) in [5.74, 6) is -1.44. The summed E-state index contributed by atoms with van der Waals surface area (Å²) in [6.45, 7) is 5.36. The van der Waals surface area contributed by atoms with Crippen LogP contribution in [0.3, 0.4) is 0 Å². The van der Waals surface area contributed by atoms with Crippen LogP contribution in [0, 0.1) is 12.8 Å². The zero-order chi connectivity index (χ0) is 25.8. The third kappa shape index (κ3) is 5.17. The maximum Gasteiger partial charge on any atom is 0.326 e. The van der Waals surface area contributed by atoms with Gasteiger partial charge in [-0.1, -0.05) is 32.0 Å². The Hall–Kier alpha value is -4.73. The number of rotatable bonds is 7. The van der Waals surface area contributed by atoms with Gasteiger partial charge in [-0.05, 0) is 60.9 Å². The minimum atomic E-state index is -1.10. The van der Waals surface area contributed by atoms with Crippen LogP contribution in [0.2, 0.25) is 0 Å². The van der Waals surface area contributed by atoms with Gasteiger partial charge in [-0.2, -0.15) is 0 Å². The molecule has 0 unspecified atom stereocenters. The molecule has 2 heterocycles. The number of aromatic nitrogens is 3. The normalized spacial score (nSPS) is 11.8. The number of amides is 3. The summed E-state index contributed by atoms with van der Waals surface area (Å²) in [6.07, 6.45) is 1.72. The molecule has 0 saturated heterocycles. The number of aliphatic carboxylic acids is 1. The molecule has 36 heavy (non-hydrogen) atoms. The summed E-state index contributed by atoms with van der Waals surface area (Å²) in [4.78, 5) is 36.7. The number of carboxylic acids is 1. The predicted octanol–water partition coefficient (Wildman–Crippen LogP) is 4.19. The minimum absolute atomic E-state index is 0.217. The second-order valence-electron chi connectivity index (χ2n) is 8.64. The van der Waals surface area contributed by atoms with Crippen LogP contribution in [0.5, 0.6) is 0 Å². The van der Waals surface area contributed by atoms with Gasteiger partial charge in [0.15, 0.2) is 11.5 Å². The van der Waals surface area contributed by atoms with E-state index in [0.29, 0.717) is 17.2 Å². The summed E-state index contributed by atoms with van der Waals surface area (Å²) in [7, 11) is 0. The van der Waals surface area contributed by atoms with E-state index in [9.17, 15) is 19.5 Å². The third-order valence-electron chi connectivity index (χ3n) is 5.69. The maximum absolute atomic E-state index is 12.8. The first-order chi connectivity index (χ1) is 17.2. The number of para-hydroxylation sites is 1. The van der Waals surface area contributed by atoms with Crippen molar-refractivity contribution in [1.82, 2.24) is 19.9 Å². The largest absolute Gasteiger partial charge is 0.480 e. The number of anilines is 2. The number of aryl methyl sites for hydroxylation is 1. The van der Waals surface area contributed by atoms with Crippen molar-refractivity contribution in [1.29, 1.82) is 0 Å². The number of carboxylic acid groups (broad SMARTS) is 1. The molecule has 3 amide bonds. The number of carbonyl (C=O) groups is 3. The fourth-order valence-electron chi connectivity index (χ4n) is 3.72. The molecule has 184 valence electrons. The number of hydrogen-bond donors (Lipinski definition) is 4. The lowest BCUT2D eigenvalue weighted by atomic mass is 10.0. The van der Waals surface area contributed by atoms with Crippen molar-refractivity contribution in [3.63, 3.8) is 0 Å². The molecule has 4 aromatic rings. The first-order valence-corrected chi connectivity index (χ1v) is 11.4. The lowest BCUT2D eigenvalue weighted by Crippen LogP contribution is -2.44. The Kier molecular flexibility index (Phi) is 6.95. The first-order valence-electron chi connectivity index (χ1n) is 11.4. The van der Waals surface area contributed by atoms with Crippen molar-refractivity contribution >= 4 is 34.9 Å². The molecular weight excluding hydrogens is 460 g/mol. The van der Waals surface area contributed by atoms with Gasteiger partial charge in [-0.25, -0.2) is 9.59 Å². The summed E-state index contributed by atoms with van der Waals surface area (Å²) >= 11 is 0. The lowest BCUT2D eigenvalue weighted by molar-refractivity contribution is -0.140. The van der Waals surface area contributed by atoms with E-state index in [0.717, 1.165) is 16.8 Å². The molecule has 0 aliphatic carbocycles. The average Bonchev–Trinajstić information content (AvgIpc) is 3.28. The van der Waals surface area contributed by atoms with E-state index in [-0.39, 0.29) is 17.5 Å². The SMILES string of the molecule is Cc1ccccc1NC(=O)Nc1ccc(-c2nnc3c(C(=O)N[C@H](C(=O)O)C(C)C)cccn23)cc1. The molecular formula is C26H26N6O4. The number of fused-ring (bicyclic) bond motifs is 1. The van der Waals surface area contributed by atoms with Gasteiger partial charge in [-0.15, -0.1) is 10.2 Å². The summed E-state index contributed by atoms with van der Waals surface area (Å²) < 4.78 is 1.66. The molecule has 0 fully saturated rings. The van der Waals surface area contributed by atoms with E-state index >= 15 is 0 Å². The van der Waals surface area contributed by atoms with Crippen LogP contribution >= 0.6 is 0 Å². The van der Waals surface area contributed by atoms with Crippen molar-refractivity contribution in [3.8, 4) is 11.4 Å². The number of carbonyl (C=O) groups excluding carboxylic acids is 2. The van der Waals surface area contributed by atoms with Gasteiger partial charge in [-0.3, -0.25) is 9.20 Å². The average molecular weight is 487 g/mol. The standard InChI is InChI=1S/C26H26N6O4/c1-15(2)21(25(34)35)29-24(33)19-8-6-14-32-22(30-31-23(19)32)17-10-12-18(13-11-17)27-26(36)28-20-9-5-4-7-16(20)3/h4-15,21H,1-3H3,(H,29,33)(H,34,35)(H2,27,28,36)/t21-/m0/s1. The Balaban J connectivity index is 1.52. The Morgan fingerprint density at radius 2 is 1.64 bits per heavy atom. The van der Waals surface area contributed by atoms with Crippen LogP contribution in [0.15, 0.2) is 66.9 Å². The molecule has 2 aromatic carbocycles. The van der Waals surface area contributed by atoms with Crippen LogP contribution in [-0.4, -0.2) is 43.7 Å². The summed E-state index contributed by atoms with van der Waals surface area (Å²) in [6, 6.07) is 16.4. The van der Waals surface area contributed by atoms with Crippen LogP contribution in [0.1, 0.15) is 29.8 Å². The van der Waals surface area contributed by atoms with Gasteiger partial charge in [0.05, 0.1) is 5.56 Å². The second kappa shape index (κ2) is 10.3. The predicted molar refractivity (Wildman–Crippen MR) is 136 cm³/mol. The highest BCUT2D eigenvalue weighted by Crippen LogP contribution is 2.23. The van der Waals surface area contributed by atoms with Gasteiger partial charge < -0.3 is 21.1 Å². The Bertz CT molecular complexity index is 1430. The molecule has 0 radical (unpaired) electrons. The zero-order valence-corrected chi connectivity index (χ0v) is 20.0. The fraction of sp³-hybridized carbons (Fsp3) is 0.192. The van der Waals surface area contributed by atoms with Gasteiger partial charge in [0.25, 0.3) is 5.91 Å². The Morgan fingerprint density at radius 1 is 0.917 bits per heavy atom. The van der Waals surface area contributed by atoms with E-state index in [4.69, 9.17) is 0 Å². The summed E-state index contributed by atoms with van der Waals surface area (Å²) in [5.41, 5.74) is 3.51. The second-order valence-corrected chi connectivity index (χ2v) is 8.64. The zero-order valence-electron chi connectivity index (χ0n) is 20.0. The van der Waals surface area contributed by atoms with Crippen molar-refractivity contribution in [3.05, 3.63) is 78.0 Å². The van der Waals surface area contributed by atoms with E-state index in [2.05, 4.69) is 26.1 Å². The number of nitrogens with zero attached hydrogens (tertiary/aromatic N) is 3.